The molecule has 0 saturated heterocycles. The van der Waals surface area contributed by atoms with Gasteiger partial charge >= 0.3 is 5.97 Å². The molecule has 1 heterocycles. The molecular formula is C26H29N3O3S. The van der Waals surface area contributed by atoms with Gasteiger partial charge in [0.2, 0.25) is 0 Å². The number of ether oxygens (including phenoxy) is 1. The van der Waals surface area contributed by atoms with Gasteiger partial charge in [-0.25, -0.2) is 4.98 Å². The first kappa shape index (κ1) is 24.4. The van der Waals surface area contributed by atoms with Gasteiger partial charge in [-0.1, -0.05) is 25.1 Å². The lowest BCUT2D eigenvalue weighted by Gasteiger charge is -2.19. The first-order valence-corrected chi connectivity index (χ1v) is 11.8. The zero-order valence-corrected chi connectivity index (χ0v) is 20.3. The number of carboxylic acid groups (broad SMARTS) is 1. The SMILES string of the molecule is CCc1c(CN(C)CCC(=O)O)cccc1-c1cnc(-c2ccc(OC(C)C)c(C#N)c2)s1. The average molecular weight is 464 g/mol. The lowest BCUT2D eigenvalue weighted by Crippen LogP contribution is -2.22. The van der Waals surface area contributed by atoms with Gasteiger partial charge in [0.05, 0.1) is 23.0 Å². The third-order valence-electron chi connectivity index (χ3n) is 5.26. The molecule has 1 aromatic heterocycles. The minimum atomic E-state index is -0.785. The fourth-order valence-electron chi connectivity index (χ4n) is 3.73. The van der Waals surface area contributed by atoms with Crippen LogP contribution in [0.25, 0.3) is 21.0 Å². The Hall–Kier alpha value is -3.21. The zero-order chi connectivity index (χ0) is 24.0. The highest BCUT2D eigenvalue weighted by molar-refractivity contribution is 7.18. The third-order valence-corrected chi connectivity index (χ3v) is 6.33. The highest BCUT2D eigenvalue weighted by atomic mass is 32.1. The lowest BCUT2D eigenvalue weighted by atomic mass is 9.97. The van der Waals surface area contributed by atoms with Crippen LogP contribution in [0.1, 0.15) is 43.9 Å². The van der Waals surface area contributed by atoms with Crippen molar-refractivity contribution >= 4 is 17.3 Å². The monoisotopic (exact) mass is 463 g/mol. The van der Waals surface area contributed by atoms with Gasteiger partial charge in [0.1, 0.15) is 16.8 Å². The summed E-state index contributed by atoms with van der Waals surface area (Å²) in [6.07, 6.45) is 2.88. The Bertz CT molecular complexity index is 1160. The predicted octanol–water partition coefficient (Wildman–Crippen LogP) is 5.60. The second-order valence-corrected chi connectivity index (χ2v) is 9.23. The van der Waals surface area contributed by atoms with Gasteiger partial charge in [0, 0.05) is 24.8 Å². The van der Waals surface area contributed by atoms with Crippen LogP contribution in [-0.4, -0.2) is 40.7 Å². The Morgan fingerprint density at radius 2 is 2.09 bits per heavy atom. The quantitative estimate of drug-likeness (QED) is 0.421. The second kappa shape index (κ2) is 11.1. The molecule has 0 aliphatic carbocycles. The van der Waals surface area contributed by atoms with E-state index in [4.69, 9.17) is 9.84 Å². The molecule has 3 rings (SSSR count). The van der Waals surface area contributed by atoms with E-state index < -0.39 is 5.97 Å². The van der Waals surface area contributed by atoms with E-state index in [0.29, 0.717) is 24.4 Å². The first-order valence-electron chi connectivity index (χ1n) is 11.0. The van der Waals surface area contributed by atoms with Crippen molar-refractivity contribution in [3.8, 4) is 32.8 Å². The summed E-state index contributed by atoms with van der Waals surface area (Å²) in [4.78, 5) is 18.6. The van der Waals surface area contributed by atoms with Gasteiger partial charge in [0.25, 0.3) is 0 Å². The zero-order valence-electron chi connectivity index (χ0n) is 19.5. The summed E-state index contributed by atoms with van der Waals surface area (Å²) in [6, 6.07) is 14.1. The maximum Gasteiger partial charge on any atom is 0.304 e. The Balaban J connectivity index is 1.88. The van der Waals surface area contributed by atoms with Gasteiger partial charge in [-0.15, -0.1) is 11.3 Å². The second-order valence-electron chi connectivity index (χ2n) is 8.20. The Labute approximate surface area is 199 Å². The number of hydrogen-bond donors (Lipinski definition) is 1. The van der Waals surface area contributed by atoms with Crippen molar-refractivity contribution in [1.29, 1.82) is 5.26 Å². The van der Waals surface area contributed by atoms with Crippen molar-refractivity contribution in [1.82, 2.24) is 9.88 Å². The predicted molar refractivity (Wildman–Crippen MR) is 131 cm³/mol. The van der Waals surface area contributed by atoms with Crippen LogP contribution in [0.2, 0.25) is 0 Å². The molecule has 0 atom stereocenters. The summed E-state index contributed by atoms with van der Waals surface area (Å²) < 4.78 is 5.73. The molecule has 0 radical (unpaired) electrons. The standard InChI is InChI=1S/C26H29N3O3S/c1-5-21-19(16-29(4)12-11-25(30)31)7-6-8-22(21)24-15-28-26(33-24)18-9-10-23(32-17(2)3)20(13-18)14-27/h6-10,13,15,17H,5,11-12,16H2,1-4H3,(H,30,31). The van der Waals surface area contributed by atoms with E-state index in [9.17, 15) is 10.1 Å². The molecule has 1 N–H and O–H groups in total. The minimum absolute atomic E-state index is 0.00247. The summed E-state index contributed by atoms with van der Waals surface area (Å²) in [7, 11) is 1.94. The Morgan fingerprint density at radius 1 is 1.30 bits per heavy atom. The fraction of sp³-hybridized carbons (Fsp3) is 0.346. The molecule has 33 heavy (non-hydrogen) atoms. The van der Waals surface area contributed by atoms with Crippen molar-refractivity contribution < 1.29 is 14.6 Å². The van der Waals surface area contributed by atoms with E-state index in [1.165, 1.54) is 11.1 Å². The average Bonchev–Trinajstić information content (AvgIpc) is 3.27. The highest BCUT2D eigenvalue weighted by Crippen LogP contribution is 2.36. The van der Waals surface area contributed by atoms with Crippen LogP contribution in [0.4, 0.5) is 0 Å². The summed E-state index contributed by atoms with van der Waals surface area (Å²) in [5.41, 5.74) is 4.97. The molecule has 0 bridgehead atoms. The van der Waals surface area contributed by atoms with E-state index in [2.05, 4.69) is 30.1 Å². The van der Waals surface area contributed by atoms with Crippen molar-refractivity contribution in [3.63, 3.8) is 0 Å². The largest absolute Gasteiger partial charge is 0.490 e. The minimum Gasteiger partial charge on any atom is -0.490 e. The molecule has 6 nitrogen and oxygen atoms in total. The van der Waals surface area contributed by atoms with Gasteiger partial charge in [-0.05, 0) is 62.2 Å². The number of carbonyl (C=O) groups is 1. The van der Waals surface area contributed by atoms with Crippen LogP contribution >= 0.6 is 11.3 Å². The summed E-state index contributed by atoms with van der Waals surface area (Å²) >= 11 is 1.60. The van der Waals surface area contributed by atoms with E-state index >= 15 is 0 Å². The van der Waals surface area contributed by atoms with Crippen molar-refractivity contribution in [3.05, 3.63) is 59.3 Å². The number of nitrogens with zero attached hydrogens (tertiary/aromatic N) is 3. The number of carboxylic acids is 1. The number of thiazole rings is 1. The van der Waals surface area contributed by atoms with Crippen molar-refractivity contribution in [2.45, 2.75) is 46.3 Å². The van der Waals surface area contributed by atoms with E-state index in [0.717, 1.165) is 27.4 Å². The Kier molecular flexibility index (Phi) is 8.21. The molecule has 2 aromatic carbocycles. The summed E-state index contributed by atoms with van der Waals surface area (Å²) in [5, 5.41) is 19.3. The molecule has 3 aromatic rings. The molecule has 0 spiro atoms. The van der Waals surface area contributed by atoms with Gasteiger partial charge in [0.15, 0.2) is 0 Å². The topological polar surface area (TPSA) is 86.5 Å². The molecule has 0 fully saturated rings. The van der Waals surface area contributed by atoms with Crippen LogP contribution in [0.5, 0.6) is 5.75 Å². The number of benzene rings is 2. The maximum absolute atomic E-state index is 10.9. The molecule has 7 heteroatoms. The number of aromatic nitrogens is 1. The maximum atomic E-state index is 10.9. The number of aliphatic carboxylic acids is 1. The molecule has 0 unspecified atom stereocenters. The van der Waals surface area contributed by atoms with Gasteiger partial charge in [-0.2, -0.15) is 5.26 Å². The van der Waals surface area contributed by atoms with Crippen LogP contribution < -0.4 is 4.74 Å². The first-order chi connectivity index (χ1) is 15.8. The summed E-state index contributed by atoms with van der Waals surface area (Å²) in [6.45, 7) is 7.20. The molecule has 0 aliphatic heterocycles. The molecule has 0 amide bonds. The number of rotatable bonds is 10. The van der Waals surface area contributed by atoms with Gasteiger partial charge in [-0.3, -0.25) is 4.79 Å². The third kappa shape index (κ3) is 6.19. The lowest BCUT2D eigenvalue weighted by molar-refractivity contribution is -0.137. The van der Waals surface area contributed by atoms with E-state index in [1.807, 2.05) is 56.3 Å². The van der Waals surface area contributed by atoms with Gasteiger partial charge < -0.3 is 14.7 Å². The summed E-state index contributed by atoms with van der Waals surface area (Å²) in [5.74, 6) is -0.201. The van der Waals surface area contributed by atoms with E-state index in [-0.39, 0.29) is 12.5 Å². The Morgan fingerprint density at radius 3 is 2.76 bits per heavy atom. The molecule has 0 aliphatic rings. The smallest absolute Gasteiger partial charge is 0.304 e. The van der Waals surface area contributed by atoms with Crippen molar-refractivity contribution in [2.24, 2.45) is 0 Å². The number of nitriles is 1. The van der Waals surface area contributed by atoms with Crippen LogP contribution in [0.3, 0.4) is 0 Å². The van der Waals surface area contributed by atoms with Crippen LogP contribution in [-0.2, 0) is 17.8 Å². The number of hydrogen-bond acceptors (Lipinski definition) is 6. The van der Waals surface area contributed by atoms with E-state index in [1.54, 1.807) is 11.3 Å². The molecule has 172 valence electrons. The fourth-order valence-corrected chi connectivity index (χ4v) is 4.69. The highest BCUT2D eigenvalue weighted by Gasteiger charge is 2.15. The van der Waals surface area contributed by atoms with Crippen LogP contribution in [0.15, 0.2) is 42.6 Å². The van der Waals surface area contributed by atoms with Crippen molar-refractivity contribution in [2.75, 3.05) is 13.6 Å². The molecular weight excluding hydrogens is 434 g/mol. The normalized spacial score (nSPS) is 11.1. The molecule has 0 saturated carbocycles. The van der Waals surface area contributed by atoms with Crippen LogP contribution in [0, 0.1) is 11.3 Å².